The van der Waals surface area contributed by atoms with Crippen molar-refractivity contribution in [3.8, 4) is 5.75 Å². The zero-order valence-corrected chi connectivity index (χ0v) is 16.0. The molecule has 6 nitrogen and oxygen atoms in total. The highest BCUT2D eigenvalue weighted by Crippen LogP contribution is 2.16. The first kappa shape index (κ1) is 19.9. The highest BCUT2D eigenvalue weighted by molar-refractivity contribution is 5.81. The lowest BCUT2D eigenvalue weighted by atomic mass is 10.0. The summed E-state index contributed by atoms with van der Waals surface area (Å²) >= 11 is 0. The number of hydrogen-bond acceptors (Lipinski definition) is 4. The van der Waals surface area contributed by atoms with Gasteiger partial charge in [-0.2, -0.15) is 0 Å². The van der Waals surface area contributed by atoms with Gasteiger partial charge in [-0.25, -0.2) is 5.01 Å². The number of carbonyl (C=O) groups excluding carboxylic acids is 2. The first-order chi connectivity index (χ1) is 13.6. The predicted molar refractivity (Wildman–Crippen MR) is 107 cm³/mol. The largest absolute Gasteiger partial charge is 0.489 e. The zero-order valence-electron chi connectivity index (χ0n) is 16.0. The fourth-order valence-corrected chi connectivity index (χ4v) is 3.33. The average molecular weight is 381 g/mol. The SMILES string of the molecule is NC(=O)C1CCCCN1NC(=O)CCc1ccc(OCc2ccccc2)cc1. The third kappa shape index (κ3) is 5.82. The third-order valence-corrected chi connectivity index (χ3v) is 4.91. The number of hydrogen-bond donors (Lipinski definition) is 2. The minimum Gasteiger partial charge on any atom is -0.489 e. The summed E-state index contributed by atoms with van der Waals surface area (Å²) < 4.78 is 5.78. The standard InChI is InChI=1S/C22H27N3O3/c23-22(27)20-8-4-5-15-25(20)24-21(26)14-11-17-9-12-19(13-10-17)28-16-18-6-2-1-3-7-18/h1-3,6-7,9-10,12-13,20H,4-5,8,11,14-16H2,(H2,23,27)(H,24,26). The molecule has 28 heavy (non-hydrogen) atoms. The van der Waals surface area contributed by atoms with E-state index in [0.29, 0.717) is 32.4 Å². The van der Waals surface area contributed by atoms with E-state index in [2.05, 4.69) is 5.43 Å². The molecule has 1 saturated heterocycles. The first-order valence-electron chi connectivity index (χ1n) is 9.73. The Bertz CT molecular complexity index is 777. The zero-order chi connectivity index (χ0) is 19.8. The van der Waals surface area contributed by atoms with Crippen LogP contribution in [-0.4, -0.2) is 29.4 Å². The topological polar surface area (TPSA) is 84.7 Å². The fourth-order valence-electron chi connectivity index (χ4n) is 3.33. The number of benzene rings is 2. The van der Waals surface area contributed by atoms with Crippen molar-refractivity contribution >= 4 is 11.8 Å². The Labute approximate surface area is 165 Å². The van der Waals surface area contributed by atoms with Crippen LogP contribution in [0.3, 0.4) is 0 Å². The van der Waals surface area contributed by atoms with Crippen molar-refractivity contribution in [2.75, 3.05) is 6.54 Å². The molecule has 0 radical (unpaired) electrons. The van der Waals surface area contributed by atoms with Crippen LogP contribution in [0.1, 0.15) is 36.8 Å². The van der Waals surface area contributed by atoms with Crippen molar-refractivity contribution in [2.24, 2.45) is 5.73 Å². The molecule has 3 rings (SSSR count). The van der Waals surface area contributed by atoms with E-state index in [9.17, 15) is 9.59 Å². The van der Waals surface area contributed by atoms with E-state index in [0.717, 1.165) is 29.7 Å². The van der Waals surface area contributed by atoms with Gasteiger partial charge in [-0.15, -0.1) is 0 Å². The van der Waals surface area contributed by atoms with Gasteiger partial charge < -0.3 is 10.5 Å². The molecule has 148 valence electrons. The Kier molecular flexibility index (Phi) is 7.03. The summed E-state index contributed by atoms with van der Waals surface area (Å²) in [6, 6.07) is 17.4. The van der Waals surface area contributed by atoms with Crippen LogP contribution in [0.5, 0.6) is 5.75 Å². The van der Waals surface area contributed by atoms with Crippen LogP contribution in [0.2, 0.25) is 0 Å². The molecule has 1 aliphatic rings. The second-order valence-electron chi connectivity index (χ2n) is 7.06. The Balaban J connectivity index is 1.44. The van der Waals surface area contributed by atoms with Gasteiger partial charge in [0.2, 0.25) is 11.8 Å². The molecule has 0 saturated carbocycles. The monoisotopic (exact) mass is 381 g/mol. The lowest BCUT2D eigenvalue weighted by Gasteiger charge is -2.33. The van der Waals surface area contributed by atoms with Crippen LogP contribution in [0.25, 0.3) is 0 Å². The summed E-state index contributed by atoms with van der Waals surface area (Å²) in [5, 5.41) is 1.69. The quantitative estimate of drug-likeness (QED) is 0.736. The second-order valence-corrected chi connectivity index (χ2v) is 7.06. The number of hydrazine groups is 1. The maximum atomic E-state index is 12.2. The smallest absolute Gasteiger partial charge is 0.236 e. The van der Waals surface area contributed by atoms with Crippen molar-refractivity contribution in [2.45, 2.75) is 44.8 Å². The molecule has 1 unspecified atom stereocenters. The van der Waals surface area contributed by atoms with E-state index < -0.39 is 6.04 Å². The number of aryl methyl sites for hydroxylation is 1. The molecule has 2 aromatic rings. The Morgan fingerprint density at radius 1 is 1.04 bits per heavy atom. The molecule has 1 atom stereocenters. The Hall–Kier alpha value is -2.86. The number of nitrogens with one attached hydrogen (secondary N) is 1. The van der Waals surface area contributed by atoms with Crippen molar-refractivity contribution < 1.29 is 14.3 Å². The first-order valence-corrected chi connectivity index (χ1v) is 9.73. The Morgan fingerprint density at radius 2 is 1.79 bits per heavy atom. The van der Waals surface area contributed by atoms with Crippen molar-refractivity contribution in [1.82, 2.24) is 10.4 Å². The van der Waals surface area contributed by atoms with Crippen LogP contribution in [-0.2, 0) is 22.6 Å². The molecule has 1 heterocycles. The molecule has 1 fully saturated rings. The summed E-state index contributed by atoms with van der Waals surface area (Å²) in [6.07, 6.45) is 3.58. The third-order valence-electron chi connectivity index (χ3n) is 4.91. The number of piperidine rings is 1. The van der Waals surface area contributed by atoms with Gasteiger partial charge in [0, 0.05) is 13.0 Å². The second kappa shape index (κ2) is 9.90. The molecular formula is C22H27N3O3. The number of ether oxygens (including phenoxy) is 1. The van der Waals surface area contributed by atoms with Crippen molar-refractivity contribution in [3.63, 3.8) is 0 Å². The van der Waals surface area contributed by atoms with Crippen molar-refractivity contribution in [3.05, 3.63) is 65.7 Å². The average Bonchev–Trinajstić information content (AvgIpc) is 2.72. The molecule has 6 heteroatoms. The predicted octanol–water partition coefficient (Wildman–Crippen LogP) is 2.57. The number of amides is 2. The van der Waals surface area contributed by atoms with Gasteiger partial charge in [-0.1, -0.05) is 42.5 Å². The number of primary amides is 1. The lowest BCUT2D eigenvalue weighted by molar-refractivity contribution is -0.133. The van der Waals surface area contributed by atoms with Gasteiger partial charge in [0.1, 0.15) is 18.4 Å². The van der Waals surface area contributed by atoms with E-state index >= 15 is 0 Å². The molecular weight excluding hydrogens is 354 g/mol. The van der Waals surface area contributed by atoms with E-state index in [1.165, 1.54) is 0 Å². The highest BCUT2D eigenvalue weighted by Gasteiger charge is 2.27. The van der Waals surface area contributed by atoms with Crippen LogP contribution in [0.4, 0.5) is 0 Å². The molecule has 0 aliphatic carbocycles. The van der Waals surface area contributed by atoms with E-state index in [1.807, 2.05) is 54.6 Å². The van der Waals surface area contributed by atoms with Gasteiger partial charge in [-0.05, 0) is 48.9 Å². The van der Waals surface area contributed by atoms with Crippen LogP contribution < -0.4 is 15.9 Å². The van der Waals surface area contributed by atoms with Gasteiger partial charge in [0.15, 0.2) is 0 Å². The van der Waals surface area contributed by atoms with Gasteiger partial charge in [-0.3, -0.25) is 15.0 Å². The Morgan fingerprint density at radius 3 is 2.50 bits per heavy atom. The molecule has 1 aliphatic heterocycles. The number of rotatable bonds is 8. The van der Waals surface area contributed by atoms with Gasteiger partial charge >= 0.3 is 0 Å². The van der Waals surface area contributed by atoms with Crippen LogP contribution in [0.15, 0.2) is 54.6 Å². The summed E-state index contributed by atoms with van der Waals surface area (Å²) in [5.74, 6) is 0.318. The molecule has 2 amide bonds. The minimum absolute atomic E-state index is 0.0995. The normalized spacial score (nSPS) is 17.1. The van der Waals surface area contributed by atoms with E-state index in [1.54, 1.807) is 5.01 Å². The number of nitrogens with zero attached hydrogens (tertiary/aromatic N) is 1. The maximum Gasteiger partial charge on any atom is 0.236 e. The molecule has 2 aromatic carbocycles. The molecule has 3 N–H and O–H groups in total. The van der Waals surface area contributed by atoms with Gasteiger partial charge in [0.25, 0.3) is 0 Å². The fraction of sp³-hybridized carbons (Fsp3) is 0.364. The molecule has 0 spiro atoms. The molecule has 0 bridgehead atoms. The van der Waals surface area contributed by atoms with Gasteiger partial charge in [0.05, 0.1) is 0 Å². The summed E-state index contributed by atoms with van der Waals surface area (Å²) in [6.45, 7) is 1.19. The summed E-state index contributed by atoms with van der Waals surface area (Å²) in [4.78, 5) is 23.8. The summed E-state index contributed by atoms with van der Waals surface area (Å²) in [5.41, 5.74) is 10.5. The van der Waals surface area contributed by atoms with E-state index in [4.69, 9.17) is 10.5 Å². The lowest BCUT2D eigenvalue weighted by Crippen LogP contribution is -2.55. The number of carbonyl (C=O) groups is 2. The maximum absolute atomic E-state index is 12.2. The molecule has 0 aromatic heterocycles. The van der Waals surface area contributed by atoms with Crippen molar-refractivity contribution in [1.29, 1.82) is 0 Å². The van der Waals surface area contributed by atoms with Crippen LogP contribution >= 0.6 is 0 Å². The number of nitrogens with two attached hydrogens (primary N) is 1. The van der Waals surface area contributed by atoms with Crippen LogP contribution in [0, 0.1) is 0 Å². The van der Waals surface area contributed by atoms with E-state index in [-0.39, 0.29) is 11.8 Å². The minimum atomic E-state index is -0.404. The summed E-state index contributed by atoms with van der Waals surface area (Å²) in [7, 11) is 0. The highest BCUT2D eigenvalue weighted by atomic mass is 16.5.